The monoisotopic (exact) mass is 331 g/mol. The van der Waals surface area contributed by atoms with Crippen LogP contribution in [-0.2, 0) is 9.53 Å². The van der Waals surface area contributed by atoms with Crippen LogP contribution in [0.2, 0.25) is 0 Å². The average Bonchev–Trinajstić information content (AvgIpc) is 3.10. The van der Waals surface area contributed by atoms with Crippen molar-refractivity contribution in [2.45, 2.75) is 25.4 Å². The fourth-order valence-electron chi connectivity index (χ4n) is 3.52. The highest BCUT2D eigenvalue weighted by Gasteiger charge is 2.27. The van der Waals surface area contributed by atoms with Crippen molar-refractivity contribution >= 4 is 17.5 Å². The van der Waals surface area contributed by atoms with E-state index in [9.17, 15) is 9.59 Å². The minimum Gasteiger partial charge on any atom is -0.380 e. The zero-order valence-corrected chi connectivity index (χ0v) is 14.1. The second-order valence-corrected chi connectivity index (χ2v) is 6.61. The number of methoxy groups -OCH3 is 1. The van der Waals surface area contributed by atoms with Crippen LogP contribution in [0.4, 0.5) is 5.69 Å². The van der Waals surface area contributed by atoms with Gasteiger partial charge in [0.15, 0.2) is 0 Å². The molecule has 0 bridgehead atoms. The van der Waals surface area contributed by atoms with Gasteiger partial charge >= 0.3 is 0 Å². The second-order valence-electron chi connectivity index (χ2n) is 6.61. The predicted molar refractivity (Wildman–Crippen MR) is 91.9 cm³/mol. The van der Waals surface area contributed by atoms with Crippen LogP contribution in [0.1, 0.15) is 29.6 Å². The molecule has 2 fully saturated rings. The standard InChI is InChI=1S/C18H25N3O3/c1-24-16-8-11-21(12-16)15-4-2-14(3-5-15)18(23)20-9-6-13(7-10-20)17(19)22/h2-5,13,16H,6-12H2,1H3,(H2,19,22)/t16-/m1/s1. The molecule has 0 aromatic heterocycles. The molecule has 2 N–H and O–H groups in total. The Morgan fingerprint density at radius 1 is 1.08 bits per heavy atom. The molecule has 0 radical (unpaired) electrons. The number of carbonyl (C=O) groups is 2. The van der Waals surface area contributed by atoms with Crippen molar-refractivity contribution in [2.24, 2.45) is 11.7 Å². The Balaban J connectivity index is 1.59. The smallest absolute Gasteiger partial charge is 0.253 e. The van der Waals surface area contributed by atoms with E-state index in [2.05, 4.69) is 4.90 Å². The number of nitrogens with zero attached hydrogens (tertiary/aromatic N) is 2. The molecule has 6 heteroatoms. The summed E-state index contributed by atoms with van der Waals surface area (Å²) in [5.41, 5.74) is 7.16. The van der Waals surface area contributed by atoms with Crippen molar-refractivity contribution in [1.82, 2.24) is 4.90 Å². The maximum atomic E-state index is 12.6. The number of likely N-dealkylation sites (tertiary alicyclic amines) is 1. The fourth-order valence-corrected chi connectivity index (χ4v) is 3.52. The number of benzene rings is 1. The number of piperidine rings is 1. The summed E-state index contributed by atoms with van der Waals surface area (Å²) in [6, 6.07) is 7.78. The highest BCUT2D eigenvalue weighted by molar-refractivity contribution is 5.94. The first kappa shape index (κ1) is 16.8. The number of nitrogens with two attached hydrogens (primary N) is 1. The highest BCUT2D eigenvalue weighted by atomic mass is 16.5. The quantitative estimate of drug-likeness (QED) is 0.901. The van der Waals surface area contributed by atoms with Gasteiger partial charge < -0.3 is 20.3 Å². The van der Waals surface area contributed by atoms with Gasteiger partial charge in [0.2, 0.25) is 5.91 Å². The summed E-state index contributed by atoms with van der Waals surface area (Å²) in [7, 11) is 1.75. The molecule has 2 aliphatic rings. The molecule has 0 saturated carbocycles. The largest absolute Gasteiger partial charge is 0.380 e. The van der Waals surface area contributed by atoms with Crippen molar-refractivity contribution in [3.8, 4) is 0 Å². The first-order chi connectivity index (χ1) is 11.6. The zero-order valence-electron chi connectivity index (χ0n) is 14.1. The molecular weight excluding hydrogens is 306 g/mol. The van der Waals surface area contributed by atoms with E-state index in [1.54, 1.807) is 7.11 Å². The Morgan fingerprint density at radius 2 is 1.75 bits per heavy atom. The van der Waals surface area contributed by atoms with E-state index in [1.807, 2.05) is 29.2 Å². The molecule has 2 amide bonds. The summed E-state index contributed by atoms with van der Waals surface area (Å²) in [4.78, 5) is 27.9. The maximum Gasteiger partial charge on any atom is 0.253 e. The maximum absolute atomic E-state index is 12.6. The van der Waals surface area contributed by atoms with Crippen molar-refractivity contribution < 1.29 is 14.3 Å². The van der Waals surface area contributed by atoms with Gasteiger partial charge in [0.05, 0.1) is 6.10 Å². The number of hydrogen-bond donors (Lipinski definition) is 1. The molecular formula is C18H25N3O3. The van der Waals surface area contributed by atoms with Crippen LogP contribution in [0.3, 0.4) is 0 Å². The van der Waals surface area contributed by atoms with E-state index in [-0.39, 0.29) is 23.8 Å². The average molecular weight is 331 g/mol. The van der Waals surface area contributed by atoms with Crippen LogP contribution in [0.25, 0.3) is 0 Å². The molecule has 2 aliphatic heterocycles. The van der Waals surface area contributed by atoms with Crippen LogP contribution in [0.5, 0.6) is 0 Å². The van der Waals surface area contributed by atoms with Crippen molar-refractivity contribution in [3.05, 3.63) is 29.8 Å². The molecule has 1 atom stereocenters. The third-order valence-electron chi connectivity index (χ3n) is 5.14. The lowest BCUT2D eigenvalue weighted by molar-refractivity contribution is -0.123. The van der Waals surface area contributed by atoms with Gasteiger partial charge in [0.25, 0.3) is 5.91 Å². The molecule has 1 aromatic rings. The fraction of sp³-hybridized carbons (Fsp3) is 0.556. The highest BCUT2D eigenvalue weighted by Crippen LogP contribution is 2.23. The lowest BCUT2D eigenvalue weighted by Crippen LogP contribution is -2.41. The Bertz CT molecular complexity index is 594. The molecule has 1 aromatic carbocycles. The molecule has 2 saturated heterocycles. The lowest BCUT2D eigenvalue weighted by atomic mass is 9.96. The molecule has 0 aliphatic carbocycles. The zero-order chi connectivity index (χ0) is 17.1. The minimum atomic E-state index is -0.258. The van der Waals surface area contributed by atoms with Crippen LogP contribution in [0, 0.1) is 5.92 Å². The van der Waals surface area contributed by atoms with Crippen LogP contribution >= 0.6 is 0 Å². The molecule has 2 heterocycles. The summed E-state index contributed by atoms with van der Waals surface area (Å²) < 4.78 is 5.39. The van der Waals surface area contributed by atoms with Gasteiger partial charge in [-0.15, -0.1) is 0 Å². The summed E-state index contributed by atoms with van der Waals surface area (Å²) in [6.07, 6.45) is 2.64. The molecule has 3 rings (SSSR count). The summed E-state index contributed by atoms with van der Waals surface area (Å²) in [5, 5.41) is 0. The normalized spacial score (nSPS) is 22.0. The van der Waals surface area contributed by atoms with Crippen molar-refractivity contribution in [3.63, 3.8) is 0 Å². The van der Waals surface area contributed by atoms with E-state index in [1.165, 1.54) is 0 Å². The number of carbonyl (C=O) groups excluding carboxylic acids is 2. The van der Waals surface area contributed by atoms with Gasteiger partial charge in [-0.05, 0) is 43.5 Å². The molecule has 130 valence electrons. The first-order valence-electron chi connectivity index (χ1n) is 8.55. The SMILES string of the molecule is CO[C@@H]1CCN(c2ccc(C(=O)N3CCC(C(N)=O)CC3)cc2)C1. The summed E-state index contributed by atoms with van der Waals surface area (Å²) in [5.74, 6) is -0.326. The number of hydrogen-bond acceptors (Lipinski definition) is 4. The summed E-state index contributed by atoms with van der Waals surface area (Å²) >= 11 is 0. The van der Waals surface area contributed by atoms with Gasteiger partial charge in [0, 0.05) is 50.5 Å². The number of primary amides is 1. The van der Waals surface area contributed by atoms with Gasteiger partial charge in [0.1, 0.15) is 0 Å². The van der Waals surface area contributed by atoms with E-state index in [4.69, 9.17) is 10.5 Å². The Morgan fingerprint density at radius 3 is 2.29 bits per heavy atom. The van der Waals surface area contributed by atoms with E-state index in [0.717, 1.165) is 25.2 Å². The number of rotatable bonds is 4. The molecule has 6 nitrogen and oxygen atoms in total. The molecule has 0 unspecified atom stereocenters. The van der Waals surface area contributed by atoms with Gasteiger partial charge in [-0.3, -0.25) is 9.59 Å². The Labute approximate surface area is 142 Å². The third kappa shape index (κ3) is 3.53. The lowest BCUT2D eigenvalue weighted by Gasteiger charge is -2.30. The van der Waals surface area contributed by atoms with Crippen LogP contribution in [-0.4, -0.2) is 56.1 Å². The number of anilines is 1. The molecule has 24 heavy (non-hydrogen) atoms. The second kappa shape index (κ2) is 7.21. The first-order valence-corrected chi connectivity index (χ1v) is 8.55. The predicted octanol–water partition coefficient (Wildman–Crippen LogP) is 1.25. The Hall–Kier alpha value is -2.08. The van der Waals surface area contributed by atoms with Crippen LogP contribution < -0.4 is 10.6 Å². The van der Waals surface area contributed by atoms with Crippen molar-refractivity contribution in [2.75, 3.05) is 38.2 Å². The summed E-state index contributed by atoms with van der Waals surface area (Å²) in [6.45, 7) is 3.06. The van der Waals surface area contributed by atoms with Gasteiger partial charge in [-0.25, -0.2) is 0 Å². The van der Waals surface area contributed by atoms with E-state index < -0.39 is 0 Å². The number of amides is 2. The van der Waals surface area contributed by atoms with Crippen LogP contribution in [0.15, 0.2) is 24.3 Å². The van der Waals surface area contributed by atoms with E-state index >= 15 is 0 Å². The van der Waals surface area contributed by atoms with Gasteiger partial charge in [-0.1, -0.05) is 0 Å². The van der Waals surface area contributed by atoms with E-state index in [0.29, 0.717) is 31.5 Å². The Kier molecular flexibility index (Phi) is 5.04. The van der Waals surface area contributed by atoms with Crippen molar-refractivity contribution in [1.29, 1.82) is 0 Å². The third-order valence-corrected chi connectivity index (χ3v) is 5.14. The van der Waals surface area contributed by atoms with Gasteiger partial charge in [-0.2, -0.15) is 0 Å². The molecule has 0 spiro atoms. The topological polar surface area (TPSA) is 75.9 Å². The number of ether oxygens (including phenoxy) is 1. The minimum absolute atomic E-state index is 0.0284.